The van der Waals surface area contributed by atoms with Crippen molar-refractivity contribution in [3.63, 3.8) is 0 Å². The van der Waals surface area contributed by atoms with Crippen molar-refractivity contribution in [2.24, 2.45) is 0 Å². The van der Waals surface area contributed by atoms with E-state index < -0.39 is 20.6 Å². The van der Waals surface area contributed by atoms with Gasteiger partial charge in [0.1, 0.15) is 5.75 Å². The quantitative estimate of drug-likeness (QED) is 0.243. The lowest BCUT2D eigenvalue weighted by Crippen LogP contribution is -2.18. The van der Waals surface area contributed by atoms with Gasteiger partial charge in [-0.25, -0.2) is 17.5 Å². The summed E-state index contributed by atoms with van der Waals surface area (Å²) >= 11 is 0. The molecule has 36 heavy (non-hydrogen) atoms. The fraction of sp³-hybridized carbons (Fsp3) is 0.240. The first-order chi connectivity index (χ1) is 17.2. The van der Waals surface area contributed by atoms with Crippen molar-refractivity contribution in [3.8, 4) is 22.6 Å². The molecule has 0 bridgehead atoms. The number of halogens is 1. The molecule has 4 aromatic rings. The standard InChI is InChI=1S/C25H22FN3O6S/c1-36(32,33)19-8-5-16(6-9-19)20-14-22-17(15-27-28(22)25-4-2-3-11-34-25)12-24(20)35-23-10-7-18(29(30)31)13-21(23)26/h5-10,12-15,25H,2-4,11H2,1H3. The van der Waals surface area contributed by atoms with Crippen LogP contribution in [0.2, 0.25) is 0 Å². The second kappa shape index (κ2) is 9.32. The Labute approximate surface area is 206 Å². The van der Waals surface area contributed by atoms with Gasteiger partial charge in [0, 0.05) is 29.9 Å². The van der Waals surface area contributed by atoms with E-state index in [1.54, 1.807) is 29.1 Å². The number of aromatic nitrogens is 2. The number of rotatable bonds is 6. The molecule has 9 nitrogen and oxygen atoms in total. The first-order valence-electron chi connectivity index (χ1n) is 11.3. The van der Waals surface area contributed by atoms with E-state index in [9.17, 15) is 22.9 Å². The highest BCUT2D eigenvalue weighted by Crippen LogP contribution is 2.39. The summed E-state index contributed by atoms with van der Waals surface area (Å²) in [5.41, 5.74) is 1.60. The van der Waals surface area contributed by atoms with E-state index in [0.29, 0.717) is 17.7 Å². The molecule has 1 aliphatic heterocycles. The summed E-state index contributed by atoms with van der Waals surface area (Å²) in [5, 5.41) is 16.2. The van der Waals surface area contributed by atoms with Gasteiger partial charge in [0.05, 0.1) is 27.6 Å². The third kappa shape index (κ3) is 4.67. The Morgan fingerprint density at radius 3 is 2.53 bits per heavy atom. The molecule has 3 aromatic carbocycles. The highest BCUT2D eigenvalue weighted by atomic mass is 32.2. The van der Waals surface area contributed by atoms with Gasteiger partial charge in [-0.15, -0.1) is 0 Å². The van der Waals surface area contributed by atoms with Gasteiger partial charge < -0.3 is 9.47 Å². The van der Waals surface area contributed by atoms with Gasteiger partial charge in [0.2, 0.25) is 0 Å². The molecular weight excluding hydrogens is 489 g/mol. The van der Waals surface area contributed by atoms with Crippen molar-refractivity contribution >= 4 is 26.4 Å². The summed E-state index contributed by atoms with van der Waals surface area (Å²) in [6.07, 6.45) is 5.42. The van der Waals surface area contributed by atoms with Crippen molar-refractivity contribution in [3.05, 3.63) is 76.7 Å². The van der Waals surface area contributed by atoms with Crippen LogP contribution in [0.3, 0.4) is 0 Å². The molecule has 2 heterocycles. The molecule has 0 saturated carbocycles. The first kappa shape index (κ1) is 23.9. The molecule has 186 valence electrons. The van der Waals surface area contributed by atoms with Crippen LogP contribution in [-0.2, 0) is 14.6 Å². The minimum atomic E-state index is -3.39. The van der Waals surface area contributed by atoms with Crippen molar-refractivity contribution in [1.29, 1.82) is 0 Å². The lowest BCUT2D eigenvalue weighted by Gasteiger charge is -2.23. The molecule has 0 amide bonds. The number of fused-ring (bicyclic) bond motifs is 1. The SMILES string of the molecule is CS(=O)(=O)c1ccc(-c2cc3c(cnn3C3CCCCO3)cc2Oc2ccc([N+](=O)[O-])cc2F)cc1. The number of nitrogens with zero attached hydrogens (tertiary/aromatic N) is 3. The zero-order chi connectivity index (χ0) is 25.4. The minimum Gasteiger partial charge on any atom is -0.454 e. The molecule has 1 aliphatic rings. The highest BCUT2D eigenvalue weighted by Gasteiger charge is 2.22. The zero-order valence-electron chi connectivity index (χ0n) is 19.3. The topological polar surface area (TPSA) is 114 Å². The van der Waals surface area contributed by atoms with Crippen LogP contribution >= 0.6 is 0 Å². The van der Waals surface area contributed by atoms with Crippen LogP contribution in [0.1, 0.15) is 25.5 Å². The Hall–Kier alpha value is -3.83. The van der Waals surface area contributed by atoms with Crippen molar-refractivity contribution in [2.45, 2.75) is 30.4 Å². The molecule has 1 saturated heterocycles. The summed E-state index contributed by atoms with van der Waals surface area (Å²) in [7, 11) is -3.39. The van der Waals surface area contributed by atoms with Gasteiger partial charge in [0.25, 0.3) is 5.69 Å². The second-order valence-electron chi connectivity index (χ2n) is 8.59. The molecule has 0 aliphatic carbocycles. The average molecular weight is 512 g/mol. The van der Waals surface area contributed by atoms with Crippen LogP contribution in [0.15, 0.2) is 65.7 Å². The maximum Gasteiger partial charge on any atom is 0.272 e. The third-order valence-corrected chi connectivity index (χ3v) is 7.19. The normalized spacial score (nSPS) is 16.2. The van der Waals surface area contributed by atoms with Gasteiger partial charge in [-0.1, -0.05) is 12.1 Å². The first-order valence-corrected chi connectivity index (χ1v) is 13.1. The van der Waals surface area contributed by atoms with Crippen LogP contribution in [-0.4, -0.2) is 36.0 Å². The molecule has 1 unspecified atom stereocenters. The van der Waals surface area contributed by atoms with Crippen LogP contribution in [0.4, 0.5) is 10.1 Å². The smallest absolute Gasteiger partial charge is 0.272 e. The molecule has 1 aromatic heterocycles. The maximum absolute atomic E-state index is 14.6. The fourth-order valence-electron chi connectivity index (χ4n) is 4.21. The number of ether oxygens (including phenoxy) is 2. The van der Waals surface area contributed by atoms with Gasteiger partial charge in [-0.3, -0.25) is 10.1 Å². The summed E-state index contributed by atoms with van der Waals surface area (Å²) in [6.45, 7) is 0.645. The van der Waals surface area contributed by atoms with E-state index in [4.69, 9.17) is 9.47 Å². The molecule has 5 rings (SSSR count). The summed E-state index contributed by atoms with van der Waals surface area (Å²) in [6, 6.07) is 13.0. The molecule has 0 N–H and O–H groups in total. The molecule has 1 fully saturated rings. The van der Waals surface area contributed by atoms with Crippen LogP contribution in [0.5, 0.6) is 11.5 Å². The summed E-state index contributed by atoms with van der Waals surface area (Å²) in [5.74, 6) is -0.780. The van der Waals surface area contributed by atoms with Crippen molar-refractivity contribution in [1.82, 2.24) is 9.78 Å². The third-order valence-electron chi connectivity index (χ3n) is 6.07. The number of benzene rings is 3. The Morgan fingerprint density at radius 1 is 1.11 bits per heavy atom. The maximum atomic E-state index is 14.6. The number of hydrogen-bond donors (Lipinski definition) is 0. The number of nitro groups is 1. The Kier molecular flexibility index (Phi) is 6.19. The number of sulfone groups is 1. The minimum absolute atomic E-state index is 0.164. The Balaban J connectivity index is 1.63. The zero-order valence-corrected chi connectivity index (χ0v) is 20.1. The average Bonchev–Trinajstić information content (AvgIpc) is 3.27. The fourth-order valence-corrected chi connectivity index (χ4v) is 4.85. The van der Waals surface area contributed by atoms with Crippen LogP contribution in [0, 0.1) is 15.9 Å². The van der Waals surface area contributed by atoms with Crippen molar-refractivity contribution < 1.29 is 27.2 Å². The van der Waals surface area contributed by atoms with Crippen molar-refractivity contribution in [2.75, 3.05) is 12.9 Å². The number of hydrogen-bond acceptors (Lipinski definition) is 7. The van der Waals surface area contributed by atoms with Crippen LogP contribution < -0.4 is 4.74 Å². The van der Waals surface area contributed by atoms with Gasteiger partial charge in [-0.2, -0.15) is 5.10 Å². The van der Waals surface area contributed by atoms with E-state index in [1.165, 1.54) is 18.2 Å². The van der Waals surface area contributed by atoms with E-state index in [0.717, 1.165) is 48.6 Å². The molecule has 1 atom stereocenters. The van der Waals surface area contributed by atoms with Crippen LogP contribution in [0.25, 0.3) is 22.0 Å². The molecule has 0 radical (unpaired) electrons. The van der Waals surface area contributed by atoms with E-state index in [2.05, 4.69) is 5.10 Å². The van der Waals surface area contributed by atoms with Gasteiger partial charge >= 0.3 is 0 Å². The second-order valence-corrected chi connectivity index (χ2v) is 10.6. The number of nitro benzene ring substituents is 1. The Morgan fingerprint density at radius 2 is 1.89 bits per heavy atom. The van der Waals surface area contributed by atoms with Gasteiger partial charge in [0.15, 0.2) is 27.6 Å². The monoisotopic (exact) mass is 511 g/mol. The lowest BCUT2D eigenvalue weighted by molar-refractivity contribution is -0.385. The summed E-state index contributed by atoms with van der Waals surface area (Å²) < 4.78 is 52.1. The van der Waals surface area contributed by atoms with E-state index >= 15 is 0 Å². The summed E-state index contributed by atoms with van der Waals surface area (Å²) in [4.78, 5) is 10.5. The molecular formula is C25H22FN3O6S. The number of non-ortho nitro benzene ring substituents is 1. The predicted octanol–water partition coefficient (Wildman–Crippen LogP) is 5.65. The molecule has 0 spiro atoms. The largest absolute Gasteiger partial charge is 0.454 e. The van der Waals surface area contributed by atoms with E-state index in [1.807, 2.05) is 6.07 Å². The van der Waals surface area contributed by atoms with E-state index in [-0.39, 0.29) is 28.3 Å². The molecule has 11 heteroatoms. The predicted molar refractivity (Wildman–Crippen MR) is 130 cm³/mol. The Bertz CT molecular complexity index is 1560. The van der Waals surface area contributed by atoms with Gasteiger partial charge in [-0.05, 0) is 55.2 Å². The highest BCUT2D eigenvalue weighted by molar-refractivity contribution is 7.90. The lowest BCUT2D eigenvalue weighted by atomic mass is 10.0.